The molecule has 1 unspecified atom stereocenters. The van der Waals surface area contributed by atoms with Crippen LogP contribution in [0, 0.1) is 0 Å². The Balaban J connectivity index is 1.33. The van der Waals surface area contributed by atoms with E-state index in [-0.39, 0.29) is 11.8 Å². The van der Waals surface area contributed by atoms with Crippen LogP contribution in [0.4, 0.5) is 10.8 Å². The number of thiazole rings is 1. The topological polar surface area (TPSA) is 89.5 Å². The smallest absolute Gasteiger partial charge is 0.263 e. The van der Waals surface area contributed by atoms with Crippen molar-refractivity contribution in [2.75, 3.05) is 24.9 Å². The van der Waals surface area contributed by atoms with E-state index in [9.17, 15) is 9.59 Å². The highest BCUT2D eigenvalue weighted by Gasteiger charge is 2.24. The SMILES string of the molecule is COc1cccc(OC)c1C(=O)Nc1ccc(SC(C(=O)Nc2nc3ccccc3s2)c2ccccc2)cc1. The molecule has 2 N–H and O–H groups in total. The molecule has 5 aromatic rings. The van der Waals surface area contributed by atoms with Gasteiger partial charge in [0, 0.05) is 10.6 Å². The van der Waals surface area contributed by atoms with Crippen LogP contribution in [-0.2, 0) is 4.79 Å². The monoisotopic (exact) mass is 555 g/mol. The maximum Gasteiger partial charge on any atom is 0.263 e. The Morgan fingerprint density at radius 1 is 0.795 bits per heavy atom. The standard InChI is InChI=1S/C30H25N3O4S2/c1-36-23-12-8-13-24(37-2)26(23)28(34)31-20-15-17-21(18-16-20)38-27(19-9-4-3-5-10-19)29(35)33-30-32-22-11-6-7-14-25(22)39-30/h3-18,27H,1-2H3,(H,31,34)(H,32,33,35). The fourth-order valence-electron chi connectivity index (χ4n) is 4.02. The van der Waals surface area contributed by atoms with E-state index in [4.69, 9.17) is 9.47 Å². The van der Waals surface area contributed by atoms with E-state index in [1.807, 2.05) is 66.7 Å². The number of carbonyl (C=O) groups excluding carboxylic acids is 2. The second-order valence-electron chi connectivity index (χ2n) is 8.40. The number of fused-ring (bicyclic) bond motifs is 1. The number of hydrogen-bond acceptors (Lipinski definition) is 7. The minimum absolute atomic E-state index is 0.161. The zero-order valence-corrected chi connectivity index (χ0v) is 22.8. The summed E-state index contributed by atoms with van der Waals surface area (Å²) in [5.41, 5.74) is 2.65. The van der Waals surface area contributed by atoms with Crippen molar-refractivity contribution < 1.29 is 19.1 Å². The molecule has 0 aliphatic heterocycles. The highest BCUT2D eigenvalue weighted by Crippen LogP contribution is 2.38. The van der Waals surface area contributed by atoms with Crippen molar-refractivity contribution in [3.8, 4) is 11.5 Å². The van der Waals surface area contributed by atoms with Gasteiger partial charge in [0.2, 0.25) is 5.91 Å². The number of ether oxygens (including phenoxy) is 2. The molecule has 0 spiro atoms. The molecule has 1 atom stereocenters. The van der Waals surface area contributed by atoms with Gasteiger partial charge in [0.15, 0.2) is 5.13 Å². The van der Waals surface area contributed by atoms with Gasteiger partial charge in [-0.15, -0.1) is 11.8 Å². The normalized spacial score (nSPS) is 11.5. The van der Waals surface area contributed by atoms with E-state index < -0.39 is 5.25 Å². The van der Waals surface area contributed by atoms with Crippen LogP contribution in [0.5, 0.6) is 11.5 Å². The summed E-state index contributed by atoms with van der Waals surface area (Å²) in [4.78, 5) is 31.9. The molecule has 1 aromatic heterocycles. The Kier molecular flexibility index (Phi) is 8.10. The molecule has 0 aliphatic carbocycles. The van der Waals surface area contributed by atoms with Crippen molar-refractivity contribution in [3.63, 3.8) is 0 Å². The van der Waals surface area contributed by atoms with Crippen molar-refractivity contribution in [1.29, 1.82) is 0 Å². The summed E-state index contributed by atoms with van der Waals surface area (Å²) >= 11 is 2.87. The van der Waals surface area contributed by atoms with Gasteiger partial charge in [-0.05, 0) is 54.1 Å². The van der Waals surface area contributed by atoms with Gasteiger partial charge in [-0.25, -0.2) is 4.98 Å². The van der Waals surface area contributed by atoms with Gasteiger partial charge in [-0.3, -0.25) is 9.59 Å². The molecule has 196 valence electrons. The second kappa shape index (κ2) is 12.0. The van der Waals surface area contributed by atoms with Crippen molar-refractivity contribution in [2.45, 2.75) is 10.1 Å². The first-order chi connectivity index (χ1) is 19.1. The van der Waals surface area contributed by atoms with Crippen molar-refractivity contribution in [3.05, 3.63) is 108 Å². The molecule has 0 fully saturated rings. The molecule has 0 saturated carbocycles. The van der Waals surface area contributed by atoms with Crippen molar-refractivity contribution >= 4 is 55.9 Å². The predicted octanol–water partition coefficient (Wildman–Crippen LogP) is 7.04. The molecule has 0 saturated heterocycles. The number of para-hydroxylation sites is 1. The van der Waals surface area contributed by atoms with Gasteiger partial charge >= 0.3 is 0 Å². The molecule has 0 bridgehead atoms. The summed E-state index contributed by atoms with van der Waals surface area (Å²) in [5.74, 6) is 0.334. The van der Waals surface area contributed by atoms with Crippen LogP contribution in [0.2, 0.25) is 0 Å². The fourth-order valence-corrected chi connectivity index (χ4v) is 5.91. The average Bonchev–Trinajstić information content (AvgIpc) is 3.38. The number of thioether (sulfide) groups is 1. The Bertz CT molecular complexity index is 1550. The van der Waals surface area contributed by atoms with Gasteiger partial charge in [-0.1, -0.05) is 59.9 Å². The number of amides is 2. The zero-order chi connectivity index (χ0) is 27.2. The van der Waals surface area contributed by atoms with E-state index in [2.05, 4.69) is 15.6 Å². The summed E-state index contributed by atoms with van der Waals surface area (Å²) in [7, 11) is 3.02. The largest absolute Gasteiger partial charge is 0.496 e. The number of nitrogens with zero attached hydrogens (tertiary/aromatic N) is 1. The summed E-state index contributed by atoms with van der Waals surface area (Å²) in [6.07, 6.45) is 0. The van der Waals surface area contributed by atoms with E-state index in [0.717, 1.165) is 20.7 Å². The van der Waals surface area contributed by atoms with Gasteiger partial charge < -0.3 is 20.1 Å². The van der Waals surface area contributed by atoms with E-state index in [1.165, 1.54) is 37.3 Å². The molecule has 7 nitrogen and oxygen atoms in total. The number of methoxy groups -OCH3 is 2. The van der Waals surface area contributed by atoms with Crippen molar-refractivity contribution in [2.24, 2.45) is 0 Å². The third-order valence-corrected chi connectivity index (χ3v) is 8.10. The van der Waals surface area contributed by atoms with Crippen LogP contribution >= 0.6 is 23.1 Å². The summed E-state index contributed by atoms with van der Waals surface area (Å²) in [5, 5.41) is 5.95. The number of nitrogens with one attached hydrogen (secondary N) is 2. The first-order valence-corrected chi connectivity index (χ1v) is 13.8. The quantitative estimate of drug-likeness (QED) is 0.190. The Morgan fingerprint density at radius 3 is 2.13 bits per heavy atom. The maximum atomic E-state index is 13.4. The molecule has 39 heavy (non-hydrogen) atoms. The molecule has 0 radical (unpaired) electrons. The van der Waals surface area contributed by atoms with E-state index in [0.29, 0.717) is 27.9 Å². The highest BCUT2D eigenvalue weighted by molar-refractivity contribution is 8.00. The number of hydrogen-bond donors (Lipinski definition) is 2. The van der Waals surface area contributed by atoms with Crippen LogP contribution < -0.4 is 20.1 Å². The minimum atomic E-state index is -0.503. The predicted molar refractivity (Wildman–Crippen MR) is 157 cm³/mol. The third-order valence-electron chi connectivity index (χ3n) is 5.89. The summed E-state index contributed by atoms with van der Waals surface area (Å²) in [6.45, 7) is 0. The average molecular weight is 556 g/mol. The van der Waals surface area contributed by atoms with Gasteiger partial charge in [0.1, 0.15) is 22.3 Å². The minimum Gasteiger partial charge on any atom is -0.496 e. The molecule has 1 heterocycles. The van der Waals surface area contributed by atoms with E-state index in [1.54, 1.807) is 30.3 Å². The number of carbonyl (C=O) groups is 2. The van der Waals surface area contributed by atoms with Crippen LogP contribution in [0.15, 0.2) is 102 Å². The molecular weight excluding hydrogens is 530 g/mol. The van der Waals surface area contributed by atoms with Gasteiger partial charge in [0.05, 0.1) is 24.4 Å². The zero-order valence-electron chi connectivity index (χ0n) is 21.2. The second-order valence-corrected chi connectivity index (χ2v) is 10.6. The Morgan fingerprint density at radius 2 is 1.46 bits per heavy atom. The van der Waals surface area contributed by atoms with Crippen LogP contribution in [0.1, 0.15) is 21.2 Å². The molecule has 0 aliphatic rings. The van der Waals surface area contributed by atoms with Crippen LogP contribution in [0.3, 0.4) is 0 Å². The highest BCUT2D eigenvalue weighted by atomic mass is 32.2. The third kappa shape index (κ3) is 6.05. The molecule has 9 heteroatoms. The van der Waals surface area contributed by atoms with E-state index >= 15 is 0 Å². The first kappa shape index (κ1) is 26.3. The number of benzene rings is 4. The maximum absolute atomic E-state index is 13.4. The lowest BCUT2D eigenvalue weighted by Crippen LogP contribution is -2.19. The summed E-state index contributed by atoms with van der Waals surface area (Å²) in [6, 6.07) is 29.9. The molecular formula is C30H25N3O4S2. The molecule has 5 rings (SSSR count). The number of anilines is 2. The van der Waals surface area contributed by atoms with Crippen molar-refractivity contribution in [1.82, 2.24) is 4.98 Å². The lowest BCUT2D eigenvalue weighted by atomic mass is 10.1. The number of rotatable bonds is 9. The first-order valence-electron chi connectivity index (χ1n) is 12.1. The lowest BCUT2D eigenvalue weighted by molar-refractivity contribution is -0.115. The van der Waals surface area contributed by atoms with Gasteiger partial charge in [0.25, 0.3) is 5.91 Å². The Hall–Kier alpha value is -4.34. The lowest BCUT2D eigenvalue weighted by Gasteiger charge is -2.17. The fraction of sp³-hybridized carbons (Fsp3) is 0.100. The van der Waals surface area contributed by atoms with Crippen LogP contribution in [-0.4, -0.2) is 31.0 Å². The summed E-state index contributed by atoms with van der Waals surface area (Å²) < 4.78 is 11.7. The Labute approximate surface area is 234 Å². The van der Waals surface area contributed by atoms with Crippen LogP contribution in [0.25, 0.3) is 10.2 Å². The molecule has 2 amide bonds. The van der Waals surface area contributed by atoms with Gasteiger partial charge in [-0.2, -0.15) is 0 Å². The molecule has 4 aromatic carbocycles. The number of aromatic nitrogens is 1.